The molecule has 0 radical (unpaired) electrons. The number of oxime groups is 1. The van der Waals surface area contributed by atoms with Crippen molar-refractivity contribution < 1.29 is 22.7 Å². The molecule has 2 heterocycles. The van der Waals surface area contributed by atoms with E-state index in [0.29, 0.717) is 12.3 Å². The van der Waals surface area contributed by atoms with Crippen LogP contribution in [0.25, 0.3) is 5.82 Å². The number of alkyl halides is 3. The van der Waals surface area contributed by atoms with Crippen LogP contribution >= 0.6 is 11.6 Å². The third-order valence-electron chi connectivity index (χ3n) is 4.85. The quantitative estimate of drug-likeness (QED) is 0.347. The Balaban J connectivity index is 1.81. The average Bonchev–Trinajstić information content (AvgIpc) is 3.05. The number of ether oxygens (including phenoxy) is 1. The van der Waals surface area contributed by atoms with Crippen LogP contribution in [0.2, 0.25) is 5.02 Å². The van der Waals surface area contributed by atoms with Gasteiger partial charge < -0.3 is 9.57 Å². The predicted octanol–water partition coefficient (Wildman–Crippen LogP) is 5.48. The molecule has 182 valence electrons. The number of hydrogen-bond donors (Lipinski definition) is 1. The molecular weight excluding hydrogens is 473 g/mol. The zero-order valence-corrected chi connectivity index (χ0v) is 19.8. The molecule has 0 amide bonds. The minimum absolute atomic E-state index is 0.00250. The van der Waals surface area contributed by atoms with Crippen molar-refractivity contribution in [2.24, 2.45) is 5.16 Å². The molecule has 0 aliphatic carbocycles. The van der Waals surface area contributed by atoms with Gasteiger partial charge in [-0.3, -0.25) is 9.89 Å². The van der Waals surface area contributed by atoms with E-state index in [9.17, 15) is 18.0 Å². The molecule has 11 heteroatoms. The number of aromatic amines is 1. The van der Waals surface area contributed by atoms with E-state index in [1.54, 1.807) is 6.92 Å². The first kappa shape index (κ1) is 25.4. The number of H-pyrrole nitrogens is 1. The molecule has 0 saturated heterocycles. The van der Waals surface area contributed by atoms with Gasteiger partial charge in [0.05, 0.1) is 23.4 Å². The number of nitrogens with zero attached hydrogens (tertiary/aromatic N) is 3. The largest absolute Gasteiger partial charge is 0.478 e. The van der Waals surface area contributed by atoms with Crippen molar-refractivity contribution in [1.29, 1.82) is 0 Å². The van der Waals surface area contributed by atoms with Crippen LogP contribution in [0, 0.1) is 0 Å². The Bertz CT molecular complexity index is 1230. The summed E-state index contributed by atoms with van der Waals surface area (Å²) in [5, 5.41) is 6.14. The minimum atomic E-state index is -4.62. The van der Waals surface area contributed by atoms with Crippen molar-refractivity contribution in [3.05, 3.63) is 74.2 Å². The molecule has 34 heavy (non-hydrogen) atoms. The third-order valence-corrected chi connectivity index (χ3v) is 5.13. The molecule has 3 aromatic rings. The maximum Gasteiger partial charge on any atom is 0.417 e. The first-order valence-corrected chi connectivity index (χ1v) is 10.7. The number of nitrogens with one attached hydrogen (secondary N) is 1. The molecule has 0 spiro atoms. The highest BCUT2D eigenvalue weighted by molar-refractivity contribution is 6.32. The van der Waals surface area contributed by atoms with Crippen molar-refractivity contribution in [3.63, 3.8) is 0 Å². The maximum absolute atomic E-state index is 12.9. The lowest BCUT2D eigenvalue weighted by Gasteiger charge is -2.18. The Morgan fingerprint density at radius 1 is 1.18 bits per heavy atom. The Morgan fingerprint density at radius 2 is 1.85 bits per heavy atom. The SMILES string of the molecule is CCOc1[nH]n(-c2ncc(C(F)(F)F)cc2Cl)c(=O)c1C=NOCc1ccc(C(C)(C)C)cc1. The molecule has 0 bridgehead atoms. The number of halogens is 4. The van der Waals surface area contributed by atoms with Crippen molar-refractivity contribution in [1.82, 2.24) is 14.8 Å². The van der Waals surface area contributed by atoms with Gasteiger partial charge in [-0.25, -0.2) is 4.98 Å². The second-order valence-corrected chi connectivity index (χ2v) is 8.82. The van der Waals surface area contributed by atoms with Crippen LogP contribution in [-0.2, 0) is 23.0 Å². The highest BCUT2D eigenvalue weighted by atomic mass is 35.5. The van der Waals surface area contributed by atoms with Crippen LogP contribution < -0.4 is 10.3 Å². The van der Waals surface area contributed by atoms with E-state index < -0.39 is 17.3 Å². The molecule has 0 unspecified atom stereocenters. The molecule has 0 aliphatic rings. The molecule has 2 aromatic heterocycles. The van der Waals surface area contributed by atoms with Crippen molar-refractivity contribution in [2.75, 3.05) is 6.61 Å². The molecule has 0 aliphatic heterocycles. The van der Waals surface area contributed by atoms with E-state index in [1.165, 1.54) is 11.8 Å². The zero-order valence-electron chi connectivity index (χ0n) is 19.0. The summed E-state index contributed by atoms with van der Waals surface area (Å²) in [7, 11) is 0. The van der Waals surface area contributed by atoms with E-state index in [0.717, 1.165) is 10.2 Å². The lowest BCUT2D eigenvalue weighted by atomic mass is 9.87. The summed E-state index contributed by atoms with van der Waals surface area (Å²) in [5.74, 6) is -0.160. The normalized spacial score (nSPS) is 12.4. The fraction of sp³-hybridized carbons (Fsp3) is 0.348. The van der Waals surface area contributed by atoms with Gasteiger partial charge in [-0.2, -0.15) is 17.9 Å². The molecule has 0 saturated carbocycles. The highest BCUT2D eigenvalue weighted by Gasteiger charge is 2.32. The van der Waals surface area contributed by atoms with Gasteiger partial charge in [-0.15, -0.1) is 0 Å². The number of pyridine rings is 1. The molecule has 3 rings (SSSR count). The van der Waals surface area contributed by atoms with Gasteiger partial charge in [-0.1, -0.05) is 61.8 Å². The molecule has 7 nitrogen and oxygen atoms in total. The summed E-state index contributed by atoms with van der Waals surface area (Å²) in [6.07, 6.45) is -2.85. The second-order valence-electron chi connectivity index (χ2n) is 8.41. The summed E-state index contributed by atoms with van der Waals surface area (Å²) in [6, 6.07) is 8.59. The minimum Gasteiger partial charge on any atom is -0.478 e. The maximum atomic E-state index is 12.9. The Labute approximate surface area is 199 Å². The van der Waals surface area contributed by atoms with Crippen LogP contribution in [0.3, 0.4) is 0 Å². The molecule has 0 atom stereocenters. The number of hydrogen-bond acceptors (Lipinski definition) is 5. The smallest absolute Gasteiger partial charge is 0.417 e. The van der Waals surface area contributed by atoms with E-state index in [1.807, 2.05) is 24.3 Å². The Hall–Kier alpha value is -3.27. The van der Waals surface area contributed by atoms with Gasteiger partial charge in [0.25, 0.3) is 5.56 Å². The van der Waals surface area contributed by atoms with Crippen LogP contribution in [0.15, 0.2) is 46.5 Å². The topological polar surface area (TPSA) is 81.5 Å². The number of aromatic nitrogens is 3. The summed E-state index contributed by atoms with van der Waals surface area (Å²) >= 11 is 5.97. The van der Waals surface area contributed by atoms with Crippen LogP contribution in [0.4, 0.5) is 13.2 Å². The molecular formula is C23H24ClF3N4O3. The first-order chi connectivity index (χ1) is 15.9. The first-order valence-electron chi connectivity index (χ1n) is 10.4. The van der Waals surface area contributed by atoms with E-state index in [-0.39, 0.29) is 40.9 Å². The number of benzene rings is 1. The lowest BCUT2D eigenvalue weighted by molar-refractivity contribution is -0.137. The highest BCUT2D eigenvalue weighted by Crippen LogP contribution is 2.31. The Morgan fingerprint density at radius 3 is 2.41 bits per heavy atom. The third kappa shape index (κ3) is 5.80. The van der Waals surface area contributed by atoms with E-state index in [2.05, 4.69) is 36.0 Å². The van der Waals surface area contributed by atoms with Crippen molar-refractivity contribution in [2.45, 2.75) is 45.9 Å². The van der Waals surface area contributed by atoms with Crippen LogP contribution in [0.5, 0.6) is 5.88 Å². The monoisotopic (exact) mass is 496 g/mol. The standard InChI is InChI=1S/C23H24ClF3N4O3/c1-5-33-20-17(12-29-34-13-14-6-8-15(9-7-14)22(2,3)4)21(32)31(30-20)19-18(24)10-16(11-28-19)23(25,26)27/h6-12,30H,5,13H2,1-4H3. The summed E-state index contributed by atoms with van der Waals surface area (Å²) in [4.78, 5) is 21.9. The molecule has 1 N–H and O–H groups in total. The predicted molar refractivity (Wildman–Crippen MR) is 123 cm³/mol. The average molecular weight is 497 g/mol. The van der Waals surface area contributed by atoms with Gasteiger partial charge >= 0.3 is 6.18 Å². The van der Waals surface area contributed by atoms with Crippen LogP contribution in [0.1, 0.15) is 49.9 Å². The zero-order chi connectivity index (χ0) is 25.1. The second kappa shape index (κ2) is 9.92. The summed E-state index contributed by atoms with van der Waals surface area (Å²) in [5.41, 5.74) is 0.414. The van der Waals surface area contributed by atoms with Crippen molar-refractivity contribution in [3.8, 4) is 11.7 Å². The Kier molecular flexibility index (Phi) is 7.40. The van der Waals surface area contributed by atoms with E-state index in [4.69, 9.17) is 21.2 Å². The van der Waals surface area contributed by atoms with E-state index >= 15 is 0 Å². The van der Waals surface area contributed by atoms with Gasteiger partial charge in [-0.05, 0) is 29.5 Å². The fourth-order valence-electron chi connectivity index (χ4n) is 3.00. The molecule has 1 aromatic carbocycles. The van der Waals surface area contributed by atoms with Gasteiger partial charge in [0.2, 0.25) is 5.88 Å². The summed E-state index contributed by atoms with van der Waals surface area (Å²) < 4.78 is 45.0. The number of rotatable bonds is 7. The lowest BCUT2D eigenvalue weighted by Crippen LogP contribution is -2.19. The van der Waals surface area contributed by atoms with Crippen LogP contribution in [-0.4, -0.2) is 27.6 Å². The van der Waals surface area contributed by atoms with Crippen molar-refractivity contribution >= 4 is 17.8 Å². The van der Waals surface area contributed by atoms with Gasteiger partial charge in [0.15, 0.2) is 5.82 Å². The summed E-state index contributed by atoms with van der Waals surface area (Å²) in [6.45, 7) is 8.46. The molecule has 0 fully saturated rings. The van der Waals surface area contributed by atoms with Gasteiger partial charge in [0, 0.05) is 6.20 Å². The fourth-order valence-corrected chi connectivity index (χ4v) is 3.25. The van der Waals surface area contributed by atoms with Gasteiger partial charge in [0.1, 0.15) is 12.2 Å².